The van der Waals surface area contributed by atoms with Gasteiger partial charge in [0.2, 0.25) is 0 Å². The van der Waals surface area contributed by atoms with Gasteiger partial charge in [-0.15, -0.1) is 0 Å². The van der Waals surface area contributed by atoms with Crippen molar-refractivity contribution in [3.8, 4) is 136 Å². The first-order valence-corrected chi connectivity index (χ1v) is 50.5. The maximum Gasteiger partial charge on any atom is 0.164 e. The third-order valence-corrected chi connectivity index (χ3v) is 33.4. The van der Waals surface area contributed by atoms with Crippen LogP contribution in [0.5, 0.6) is 0 Å². The zero-order valence-corrected chi connectivity index (χ0v) is 83.5. The lowest BCUT2D eigenvalue weighted by molar-refractivity contribution is 0.299. The fourth-order valence-corrected chi connectivity index (χ4v) is 23.5. The average molecular weight is 1880 g/mol. The molecule has 5 heterocycles. The zero-order chi connectivity index (χ0) is 99.0. The molecule has 28 rings (SSSR count). The van der Waals surface area contributed by atoms with Gasteiger partial charge < -0.3 is 8.83 Å². The molecule has 20 aromatic carbocycles. The van der Waals surface area contributed by atoms with E-state index in [0.717, 1.165) is 105 Å². The fraction of sp³-hybridized carbons (Fsp3) is 0.133. The molecule has 0 bridgehead atoms. The van der Waals surface area contributed by atoms with Crippen LogP contribution in [0.2, 0.25) is 0 Å². The van der Waals surface area contributed by atoms with Crippen molar-refractivity contribution >= 4 is 109 Å². The number of fused-ring (bicyclic) bond motifs is 25. The third-order valence-electron chi connectivity index (χ3n) is 33.4. The van der Waals surface area contributed by atoms with Crippen LogP contribution in [-0.2, 0) is 32.5 Å². The van der Waals surface area contributed by atoms with E-state index in [9.17, 15) is 0 Å². The molecular formula is C135H103N9O2. The minimum Gasteiger partial charge on any atom is -0.456 e. The number of benzene rings is 20. The maximum atomic E-state index is 6.24. The van der Waals surface area contributed by atoms with Crippen LogP contribution in [0.25, 0.3) is 244 Å². The highest BCUT2D eigenvalue weighted by Crippen LogP contribution is 2.60. The Morgan fingerprint density at radius 3 is 0.808 bits per heavy atom. The summed E-state index contributed by atoms with van der Waals surface area (Å²) in [4.78, 5) is 45.4. The predicted octanol–water partition coefficient (Wildman–Crippen LogP) is 35.0. The van der Waals surface area contributed by atoms with Crippen molar-refractivity contribution in [3.63, 3.8) is 0 Å². The summed E-state index contributed by atoms with van der Waals surface area (Å²) in [6, 6.07) is 144. The first-order chi connectivity index (χ1) is 70.9. The Labute approximate surface area is 847 Å². The van der Waals surface area contributed by atoms with Gasteiger partial charge in [0.15, 0.2) is 52.4 Å². The number of rotatable bonds is 9. The van der Waals surface area contributed by atoms with Crippen molar-refractivity contribution in [1.82, 2.24) is 44.9 Å². The van der Waals surface area contributed by atoms with E-state index < -0.39 is 0 Å². The topological polar surface area (TPSA) is 142 Å². The van der Waals surface area contributed by atoms with E-state index in [-0.39, 0.29) is 32.5 Å². The molecule has 0 amide bonds. The molecule has 0 fully saturated rings. The first kappa shape index (κ1) is 88.7. The van der Waals surface area contributed by atoms with Crippen LogP contribution in [-0.4, -0.2) is 44.9 Å². The highest BCUT2D eigenvalue weighted by Gasteiger charge is 2.50. The number of furan rings is 2. The second kappa shape index (κ2) is 33.6. The largest absolute Gasteiger partial charge is 0.456 e. The van der Waals surface area contributed by atoms with Crippen LogP contribution in [0, 0.1) is 0 Å². The Kier molecular flexibility index (Phi) is 20.4. The Morgan fingerprint density at radius 1 is 0.151 bits per heavy atom. The predicted molar refractivity (Wildman–Crippen MR) is 602 cm³/mol. The summed E-state index contributed by atoms with van der Waals surface area (Å²) in [7, 11) is 0. The van der Waals surface area contributed by atoms with Gasteiger partial charge in [0, 0.05) is 77.0 Å². The molecule has 3 aliphatic carbocycles. The Hall–Kier alpha value is -17.4. The van der Waals surface area contributed by atoms with Crippen LogP contribution >= 0.6 is 0 Å². The fourth-order valence-electron chi connectivity index (χ4n) is 23.5. The van der Waals surface area contributed by atoms with Crippen LogP contribution in [0.3, 0.4) is 0 Å². The van der Waals surface area contributed by atoms with Crippen LogP contribution in [0.15, 0.2) is 415 Å². The van der Waals surface area contributed by atoms with Crippen molar-refractivity contribution < 1.29 is 8.83 Å². The van der Waals surface area contributed by atoms with Crippen molar-refractivity contribution in [3.05, 3.63) is 440 Å². The molecule has 700 valence electrons. The molecule has 0 atom stereocenters. The molecule has 0 unspecified atom stereocenters. The standard InChI is InChI=1S/2C47H35N3O.C41H33N3/c1-46(2)37-18-10-8-15-33(37)34-26-23-28-21-22-30-27-31(24-25-32(30)40(28)42(34)47(46,3)4)44-48-43(29-13-6-5-7-14-29)49-45(50-44)36-17-12-20-39-41(36)35-16-9-11-19-38(35)51-39;1-46(2)38-18-10-8-15-33(38)37-27-36-30(26-39(37)47(46,3)4)22-21-29-25-31(23-24-32(29)36)44-48-43(28-13-6-5-7-14-28)49-45(50-44)35-17-12-20-41-42(35)34-16-9-11-19-40(34)51-41;1-40(2)35-18-12-11-17-32(35)34-25-33-29(24-36(34)41(40,3)4)20-19-28-23-30(21-22-31(28)33)39-43-37(26-13-7-5-8-14-26)42-38(44-39)27-15-9-6-10-16-27/h2*5-27H,1-4H3;5-25H,1-4H3. The van der Waals surface area contributed by atoms with Crippen LogP contribution in [0.1, 0.15) is 116 Å². The summed E-state index contributed by atoms with van der Waals surface area (Å²) in [5.41, 5.74) is 28.1. The summed E-state index contributed by atoms with van der Waals surface area (Å²) >= 11 is 0. The van der Waals surface area contributed by atoms with Gasteiger partial charge >= 0.3 is 0 Å². The van der Waals surface area contributed by atoms with E-state index in [1.807, 2.05) is 182 Å². The molecule has 5 aromatic heterocycles. The molecule has 0 N–H and O–H groups in total. The molecule has 0 spiro atoms. The summed E-state index contributed by atoms with van der Waals surface area (Å²) in [5, 5.41) is 18.9. The number of para-hydroxylation sites is 2. The summed E-state index contributed by atoms with van der Waals surface area (Å²) < 4.78 is 12.5. The molecule has 3 aliphatic rings. The van der Waals surface area contributed by atoms with E-state index in [1.54, 1.807) is 0 Å². The Balaban J connectivity index is 0.000000112. The lowest BCUT2D eigenvalue weighted by Crippen LogP contribution is -2.43. The quantitative estimate of drug-likeness (QED) is 0.127. The summed E-state index contributed by atoms with van der Waals surface area (Å²) in [5.74, 6) is 5.78. The van der Waals surface area contributed by atoms with Crippen LogP contribution in [0.4, 0.5) is 0 Å². The van der Waals surface area contributed by atoms with E-state index >= 15 is 0 Å². The Bertz CT molecular complexity index is 9590. The normalized spacial score (nSPS) is 14.6. The minimum atomic E-state index is -0.116. The molecule has 0 saturated heterocycles. The van der Waals surface area contributed by atoms with Crippen molar-refractivity contribution in [2.75, 3.05) is 0 Å². The molecule has 0 radical (unpaired) electrons. The maximum absolute atomic E-state index is 6.24. The van der Waals surface area contributed by atoms with E-state index in [2.05, 4.69) is 308 Å². The molecule has 146 heavy (non-hydrogen) atoms. The molecule has 11 heteroatoms. The van der Waals surface area contributed by atoms with Gasteiger partial charge in [0.1, 0.15) is 22.3 Å². The van der Waals surface area contributed by atoms with Crippen LogP contribution < -0.4 is 0 Å². The van der Waals surface area contributed by atoms with Crippen molar-refractivity contribution in [2.24, 2.45) is 0 Å². The van der Waals surface area contributed by atoms with Crippen molar-refractivity contribution in [1.29, 1.82) is 0 Å². The first-order valence-electron chi connectivity index (χ1n) is 50.5. The second-order valence-electron chi connectivity index (χ2n) is 42.7. The van der Waals surface area contributed by atoms with Gasteiger partial charge in [0.25, 0.3) is 0 Å². The zero-order valence-electron chi connectivity index (χ0n) is 83.5. The van der Waals surface area contributed by atoms with Gasteiger partial charge in [-0.25, -0.2) is 44.9 Å². The van der Waals surface area contributed by atoms with Gasteiger partial charge in [-0.2, -0.15) is 0 Å². The lowest BCUT2D eigenvalue weighted by atomic mass is 9.54. The molecule has 11 nitrogen and oxygen atoms in total. The highest BCUT2D eigenvalue weighted by molar-refractivity contribution is 6.17. The number of hydrogen-bond donors (Lipinski definition) is 0. The third kappa shape index (κ3) is 14.2. The lowest BCUT2D eigenvalue weighted by Gasteiger charge is -2.49. The Morgan fingerprint density at radius 2 is 0.425 bits per heavy atom. The smallest absolute Gasteiger partial charge is 0.164 e. The summed E-state index contributed by atoms with van der Waals surface area (Å²) in [6.07, 6.45) is 0. The summed E-state index contributed by atoms with van der Waals surface area (Å²) in [6.45, 7) is 28.7. The van der Waals surface area contributed by atoms with E-state index in [1.165, 1.54) is 121 Å². The molecule has 25 aromatic rings. The van der Waals surface area contributed by atoms with Gasteiger partial charge in [-0.05, 0) is 225 Å². The SMILES string of the molecule is CC1(C)c2ccccc2-c2cc3c(ccc4cc(-c5nc(-c6ccccc6)nc(-c6cccc7oc8ccccc8c67)n5)ccc43)cc2C1(C)C.CC1(C)c2ccccc2-c2cc3c(ccc4cc(-c5nc(-c6ccccc6)nc(-c6ccccc6)n5)ccc43)cc2C1(C)C.CC1(C)c2ccccc2-c2ccc3ccc4cc(-c5nc(-c6ccccc6)nc(-c6cccc7oc8ccccc8c67)n5)ccc4c3c2C1(C)C. The number of nitrogens with zero attached hydrogens (tertiary/aromatic N) is 9. The van der Waals surface area contributed by atoms with E-state index in [0.29, 0.717) is 52.4 Å². The van der Waals surface area contributed by atoms with Crippen molar-refractivity contribution in [2.45, 2.75) is 116 Å². The van der Waals surface area contributed by atoms with Gasteiger partial charge in [-0.1, -0.05) is 423 Å². The van der Waals surface area contributed by atoms with Gasteiger partial charge in [-0.3, -0.25) is 0 Å². The highest BCUT2D eigenvalue weighted by atomic mass is 16.3. The monoisotopic (exact) mass is 1880 g/mol. The molecule has 0 aliphatic heterocycles. The van der Waals surface area contributed by atoms with E-state index in [4.69, 9.17) is 53.7 Å². The number of aromatic nitrogens is 9. The second-order valence-corrected chi connectivity index (χ2v) is 42.7. The number of hydrogen-bond acceptors (Lipinski definition) is 11. The van der Waals surface area contributed by atoms with Gasteiger partial charge in [0.05, 0.1) is 0 Å². The molecule has 0 saturated carbocycles. The minimum absolute atomic E-state index is 0.00570. The average Bonchev–Trinajstić information content (AvgIpc) is 0.899. The molecular weight excluding hydrogens is 1780 g/mol.